The van der Waals surface area contributed by atoms with Crippen molar-refractivity contribution >= 4 is 46.5 Å². The van der Waals surface area contributed by atoms with Crippen molar-refractivity contribution in [3.8, 4) is 0 Å². The molecule has 4 heterocycles. The average Bonchev–Trinajstić information content (AvgIpc) is 4.11. The highest BCUT2D eigenvalue weighted by Crippen LogP contribution is 2.27. The highest BCUT2D eigenvalue weighted by Gasteiger charge is 2.29. The molecule has 0 radical (unpaired) electrons. The van der Waals surface area contributed by atoms with Crippen LogP contribution in [0.4, 0.5) is 10.3 Å². The molecule has 1 aliphatic carbocycles. The number of nitrogens with one attached hydrogen (secondary N) is 2. The summed E-state index contributed by atoms with van der Waals surface area (Å²) in [5.41, 5.74) is 7.78. The minimum atomic E-state index is -0.325. The summed E-state index contributed by atoms with van der Waals surface area (Å²) in [5.74, 6) is 2.90. The Morgan fingerprint density at radius 2 is 1.45 bits per heavy atom. The van der Waals surface area contributed by atoms with Gasteiger partial charge in [0.2, 0.25) is 17.8 Å². The van der Waals surface area contributed by atoms with Crippen molar-refractivity contribution in [3.63, 3.8) is 0 Å². The molecule has 2 aliphatic heterocycles. The van der Waals surface area contributed by atoms with Crippen LogP contribution in [0.3, 0.4) is 0 Å². The zero-order chi connectivity index (χ0) is 58.0. The SMILES string of the molecule is C1CCCC1.C=C/C(C)=C(C)\C=C(/CC)C1CCC(=O)NC1=O.CCCC.CCCC(C)CCC(C)CC.CCCCC(C)CC.COC1=C(c2cc(C(=O)Nc3nc4cc(F)c(C)cc4n3C)cc(C)n2)C=[N+](C)CC1. The molecular weight excluding hydrogens is 960 g/mol. The number of rotatable bonds is 19. The zero-order valence-electron chi connectivity index (χ0n) is 51.7. The van der Waals surface area contributed by atoms with Gasteiger partial charge in [0, 0.05) is 30.8 Å². The van der Waals surface area contributed by atoms with Gasteiger partial charge in [0.15, 0.2) is 6.21 Å². The van der Waals surface area contributed by atoms with Crippen LogP contribution in [0.2, 0.25) is 0 Å². The number of allylic oxidation sites excluding steroid dienone is 5. The third-order valence-corrected chi connectivity index (χ3v) is 15.0. The molecule has 432 valence electrons. The highest BCUT2D eigenvalue weighted by molar-refractivity contribution is 6.10. The number of piperidine rings is 1. The number of imidazole rings is 1. The molecule has 1 saturated carbocycles. The maximum Gasteiger partial charge on any atom is 0.258 e. The van der Waals surface area contributed by atoms with Crippen LogP contribution in [0, 0.1) is 43.3 Å². The molecule has 3 amide bonds. The number of carbonyl (C=O) groups excluding carboxylic acids is 3. The molecule has 1 saturated heterocycles. The number of imide groups is 1. The molecule has 2 aromatic heterocycles. The first-order chi connectivity index (χ1) is 36.7. The van der Waals surface area contributed by atoms with Crippen molar-refractivity contribution in [3.05, 3.63) is 93.8 Å². The Morgan fingerprint density at radius 3 is 1.99 bits per heavy atom. The number of unbranched alkanes of at least 4 members (excludes halogenated alkanes) is 2. The number of carbonyl (C=O) groups is 3. The maximum atomic E-state index is 13.9. The highest BCUT2D eigenvalue weighted by atomic mass is 19.1. The molecule has 3 aromatic rings. The van der Waals surface area contributed by atoms with Gasteiger partial charge in [-0.05, 0) is 93.2 Å². The molecule has 3 aliphatic rings. The van der Waals surface area contributed by atoms with Crippen LogP contribution in [0.1, 0.15) is 239 Å². The summed E-state index contributed by atoms with van der Waals surface area (Å²) in [6.07, 6.45) is 31.1. The van der Waals surface area contributed by atoms with E-state index in [9.17, 15) is 18.8 Å². The van der Waals surface area contributed by atoms with Gasteiger partial charge in [0.05, 0.1) is 36.2 Å². The number of aryl methyl sites for hydroxylation is 3. The first kappa shape index (κ1) is 69.8. The molecule has 10 nitrogen and oxygen atoms in total. The summed E-state index contributed by atoms with van der Waals surface area (Å²) in [4.78, 5) is 45.0. The minimum absolute atomic E-state index is 0.164. The predicted molar refractivity (Wildman–Crippen MR) is 326 cm³/mol. The van der Waals surface area contributed by atoms with Gasteiger partial charge in [0.1, 0.15) is 30.7 Å². The summed E-state index contributed by atoms with van der Waals surface area (Å²) in [6, 6.07) is 6.57. The molecule has 6 rings (SSSR count). The maximum absolute atomic E-state index is 13.9. The molecule has 2 N–H and O–H groups in total. The van der Waals surface area contributed by atoms with Crippen LogP contribution in [0.15, 0.2) is 65.5 Å². The lowest BCUT2D eigenvalue weighted by Gasteiger charge is -2.23. The predicted octanol–water partition coefficient (Wildman–Crippen LogP) is 17.6. The summed E-state index contributed by atoms with van der Waals surface area (Å²) < 4.78 is 23.3. The number of anilines is 1. The monoisotopic (exact) mass is 1070 g/mol. The molecular formula is C66H108FN6O4+. The third-order valence-electron chi connectivity index (χ3n) is 15.0. The number of amides is 3. The summed E-state index contributed by atoms with van der Waals surface area (Å²) >= 11 is 0. The standard InChI is InChI=1S/C23H24FN5O2.C15H21NO2.C11H24.C8H18.C5H10.C4H10/c1-13-8-20-19(11-17(13)24)26-23(29(20)4)27-22(30)15-9-14(2)25-18(10-15)16-12-28(3)7-6-21(16)31-5;1-5-10(3)11(4)9-12(6-2)13-7-8-14(17)16-15(13)18;1-5-7-11(4)9-8-10(3)6-2;1-4-6-7-8(3)5-2;1-2-4-5-3-1;1-3-4-2/h8-12H,6-7H2,1-5H3;5,9,13H,1,6-8H2,2-4H3,(H,16,17,18);10-11H,5-9H2,1-4H3;8H,4-7H2,1-3H3;1-5H2;3-4H2,1-2H3/p+1/b;11-10-,12-9+;;;;. The first-order valence-electron chi connectivity index (χ1n) is 29.8. The summed E-state index contributed by atoms with van der Waals surface area (Å²) in [6.45, 7) is 34.7. The Labute approximate surface area is 468 Å². The Bertz CT molecular complexity index is 2380. The quantitative estimate of drug-likeness (QED) is 0.0701. The van der Waals surface area contributed by atoms with Gasteiger partial charge in [-0.1, -0.05) is 196 Å². The largest absolute Gasteiger partial charge is 0.500 e. The number of halogens is 1. The number of hydrogen-bond acceptors (Lipinski definition) is 6. The Morgan fingerprint density at radius 1 is 0.844 bits per heavy atom. The van der Waals surface area contributed by atoms with Crippen LogP contribution in [-0.4, -0.2) is 63.7 Å². The lowest BCUT2D eigenvalue weighted by atomic mass is 9.87. The second kappa shape index (κ2) is 39.2. The van der Waals surface area contributed by atoms with Gasteiger partial charge in [0.25, 0.3) is 5.91 Å². The second-order valence-corrected chi connectivity index (χ2v) is 21.9. The number of fused-ring (bicyclic) bond motifs is 1. The van der Waals surface area contributed by atoms with E-state index >= 15 is 0 Å². The van der Waals surface area contributed by atoms with E-state index in [-0.39, 0.29) is 29.5 Å². The van der Waals surface area contributed by atoms with E-state index in [0.29, 0.717) is 41.1 Å². The van der Waals surface area contributed by atoms with Crippen LogP contribution in [0.5, 0.6) is 0 Å². The van der Waals surface area contributed by atoms with Crippen molar-refractivity contribution in [2.24, 2.45) is 30.7 Å². The minimum Gasteiger partial charge on any atom is -0.500 e. The fourth-order valence-electron chi connectivity index (χ4n) is 8.83. The topological polar surface area (TPSA) is 118 Å². The van der Waals surface area contributed by atoms with E-state index < -0.39 is 0 Å². The molecule has 0 bridgehead atoms. The number of methoxy groups -OCH3 is 1. The van der Waals surface area contributed by atoms with Crippen molar-refractivity contribution in [2.75, 3.05) is 26.0 Å². The van der Waals surface area contributed by atoms with E-state index in [1.165, 1.54) is 109 Å². The van der Waals surface area contributed by atoms with Gasteiger partial charge in [-0.25, -0.2) is 13.9 Å². The normalized spacial score (nSPS) is 16.6. The number of pyridine rings is 1. The Hall–Kier alpha value is -5.19. The zero-order valence-corrected chi connectivity index (χ0v) is 51.7. The molecule has 77 heavy (non-hydrogen) atoms. The second-order valence-electron chi connectivity index (χ2n) is 21.9. The van der Waals surface area contributed by atoms with Gasteiger partial charge < -0.3 is 9.30 Å². The summed E-state index contributed by atoms with van der Waals surface area (Å²) in [7, 11) is 5.42. The molecule has 1 aromatic carbocycles. The van der Waals surface area contributed by atoms with E-state index in [0.717, 1.165) is 76.4 Å². The van der Waals surface area contributed by atoms with Crippen molar-refractivity contribution in [1.29, 1.82) is 0 Å². The van der Waals surface area contributed by atoms with Gasteiger partial charge in [-0.3, -0.25) is 30.0 Å². The number of ether oxygens (including phenoxy) is 1. The summed E-state index contributed by atoms with van der Waals surface area (Å²) in [5, 5.41) is 5.25. The van der Waals surface area contributed by atoms with Crippen LogP contribution in [-0.2, 0) is 21.4 Å². The van der Waals surface area contributed by atoms with Crippen molar-refractivity contribution in [1.82, 2.24) is 19.9 Å². The van der Waals surface area contributed by atoms with Gasteiger partial charge in [-0.2, -0.15) is 0 Å². The molecule has 4 atom stereocenters. The smallest absolute Gasteiger partial charge is 0.258 e. The molecule has 2 fully saturated rings. The fourth-order valence-corrected chi connectivity index (χ4v) is 8.83. The lowest BCUT2D eigenvalue weighted by molar-refractivity contribution is -0.492. The third kappa shape index (κ3) is 26.3. The van der Waals surface area contributed by atoms with Crippen LogP contribution >= 0.6 is 0 Å². The molecule has 4 unspecified atom stereocenters. The van der Waals surface area contributed by atoms with E-state index in [2.05, 4.69) is 100 Å². The average molecular weight is 1070 g/mol. The number of hydrogen-bond donors (Lipinski definition) is 2. The van der Waals surface area contributed by atoms with Crippen LogP contribution in [0.25, 0.3) is 16.6 Å². The van der Waals surface area contributed by atoms with E-state index in [4.69, 9.17) is 4.74 Å². The van der Waals surface area contributed by atoms with Gasteiger partial charge in [-0.15, -0.1) is 0 Å². The van der Waals surface area contributed by atoms with E-state index in [1.54, 1.807) is 43.8 Å². The number of aromatic nitrogens is 3. The lowest BCUT2D eigenvalue weighted by Crippen LogP contribution is -2.41. The molecule has 0 spiro atoms. The van der Waals surface area contributed by atoms with Crippen molar-refractivity contribution in [2.45, 2.75) is 225 Å². The van der Waals surface area contributed by atoms with Crippen LogP contribution < -0.4 is 10.6 Å². The number of nitrogens with zero attached hydrogens (tertiary/aromatic N) is 4. The van der Waals surface area contributed by atoms with E-state index in [1.807, 2.05) is 47.0 Å². The van der Waals surface area contributed by atoms with Crippen molar-refractivity contribution < 1.29 is 28.1 Å². The number of benzene rings is 1. The van der Waals surface area contributed by atoms with Gasteiger partial charge >= 0.3 is 0 Å². The first-order valence-corrected chi connectivity index (χ1v) is 29.8. The Balaban J connectivity index is 0.000000542. The Kier molecular flexibility index (Phi) is 35.6. The molecule has 11 heteroatoms. The fraction of sp³-hybridized carbons (Fsp3) is 0.636.